The lowest BCUT2D eigenvalue weighted by Crippen LogP contribution is -2.46. The Hall–Kier alpha value is -2.96. The highest BCUT2D eigenvalue weighted by molar-refractivity contribution is 5.95. The van der Waals surface area contributed by atoms with Gasteiger partial charge >= 0.3 is 0 Å². The zero-order chi connectivity index (χ0) is 17.9. The van der Waals surface area contributed by atoms with Gasteiger partial charge in [-0.2, -0.15) is 0 Å². The topological polar surface area (TPSA) is 81.0 Å². The van der Waals surface area contributed by atoms with E-state index < -0.39 is 6.04 Å². The number of nitrogens with zero attached hydrogens (tertiary/aromatic N) is 1. The van der Waals surface area contributed by atoms with E-state index in [0.29, 0.717) is 25.9 Å². The van der Waals surface area contributed by atoms with Gasteiger partial charge in [0.05, 0.1) is 6.26 Å². The maximum absolute atomic E-state index is 12.5. The second-order valence-corrected chi connectivity index (χ2v) is 6.36. The first-order chi connectivity index (χ1) is 12.7. The molecule has 1 aromatic carbocycles. The van der Waals surface area contributed by atoms with E-state index in [4.69, 9.17) is 13.9 Å². The number of furan rings is 1. The van der Waals surface area contributed by atoms with Crippen molar-refractivity contribution in [2.75, 3.05) is 19.9 Å². The normalized spacial score (nSPS) is 18.2. The molecule has 3 heterocycles. The average molecular weight is 356 g/mol. The van der Waals surface area contributed by atoms with Crippen LogP contribution in [0, 0.1) is 0 Å². The molecule has 0 bridgehead atoms. The molecule has 2 aliphatic rings. The molecule has 1 saturated heterocycles. The van der Waals surface area contributed by atoms with Crippen molar-refractivity contribution in [3.05, 3.63) is 47.9 Å². The van der Waals surface area contributed by atoms with Crippen LogP contribution in [0.25, 0.3) is 0 Å². The number of amides is 2. The highest BCUT2D eigenvalue weighted by Gasteiger charge is 2.35. The first kappa shape index (κ1) is 16.5. The van der Waals surface area contributed by atoms with E-state index in [9.17, 15) is 9.59 Å². The van der Waals surface area contributed by atoms with Crippen LogP contribution in [0.2, 0.25) is 0 Å². The van der Waals surface area contributed by atoms with Crippen molar-refractivity contribution >= 4 is 11.8 Å². The highest BCUT2D eigenvalue weighted by Crippen LogP contribution is 2.32. The molecule has 0 saturated carbocycles. The number of hydrogen-bond acceptors (Lipinski definition) is 5. The van der Waals surface area contributed by atoms with Crippen LogP contribution in [0.3, 0.4) is 0 Å². The van der Waals surface area contributed by atoms with Crippen LogP contribution in [0.15, 0.2) is 41.0 Å². The van der Waals surface area contributed by atoms with E-state index in [1.807, 2.05) is 18.2 Å². The van der Waals surface area contributed by atoms with Crippen molar-refractivity contribution in [3.8, 4) is 11.5 Å². The fourth-order valence-corrected chi connectivity index (χ4v) is 3.37. The summed E-state index contributed by atoms with van der Waals surface area (Å²) >= 11 is 0. The van der Waals surface area contributed by atoms with E-state index in [-0.39, 0.29) is 24.4 Å². The molecule has 0 aliphatic carbocycles. The molecule has 1 N–H and O–H groups in total. The van der Waals surface area contributed by atoms with Gasteiger partial charge in [0.15, 0.2) is 17.3 Å². The number of fused-ring (bicyclic) bond motifs is 1. The second kappa shape index (κ2) is 7.11. The molecule has 1 fully saturated rings. The second-order valence-electron chi connectivity index (χ2n) is 6.36. The van der Waals surface area contributed by atoms with Gasteiger partial charge < -0.3 is 24.1 Å². The number of rotatable bonds is 5. The Kier molecular flexibility index (Phi) is 4.51. The van der Waals surface area contributed by atoms with E-state index in [0.717, 1.165) is 23.5 Å². The van der Waals surface area contributed by atoms with Crippen LogP contribution < -0.4 is 14.8 Å². The van der Waals surface area contributed by atoms with Gasteiger partial charge in [0.2, 0.25) is 12.7 Å². The molecule has 7 nitrogen and oxygen atoms in total. The lowest BCUT2D eigenvalue weighted by Gasteiger charge is -2.23. The molecule has 7 heteroatoms. The van der Waals surface area contributed by atoms with Gasteiger partial charge in [-0.15, -0.1) is 0 Å². The summed E-state index contributed by atoms with van der Waals surface area (Å²) in [5.74, 6) is 1.40. The van der Waals surface area contributed by atoms with Crippen LogP contribution in [0.5, 0.6) is 11.5 Å². The number of carbonyl (C=O) groups excluding carboxylic acids is 2. The number of carbonyl (C=O) groups is 2. The molecule has 4 rings (SSSR count). The van der Waals surface area contributed by atoms with Crippen molar-refractivity contribution in [3.63, 3.8) is 0 Å². The molecular formula is C19H20N2O5. The number of benzene rings is 1. The van der Waals surface area contributed by atoms with Crippen LogP contribution in [-0.4, -0.2) is 42.6 Å². The van der Waals surface area contributed by atoms with Crippen LogP contribution in [0.4, 0.5) is 0 Å². The Morgan fingerprint density at radius 2 is 2.08 bits per heavy atom. The summed E-state index contributed by atoms with van der Waals surface area (Å²) in [4.78, 5) is 26.6. The third-order valence-electron chi connectivity index (χ3n) is 4.70. The number of nitrogens with one attached hydrogen (secondary N) is 1. The van der Waals surface area contributed by atoms with E-state index in [1.165, 1.54) is 6.26 Å². The van der Waals surface area contributed by atoms with E-state index >= 15 is 0 Å². The fourth-order valence-electron chi connectivity index (χ4n) is 3.37. The summed E-state index contributed by atoms with van der Waals surface area (Å²) in [6.45, 7) is 1.31. The van der Waals surface area contributed by atoms with Crippen molar-refractivity contribution in [2.45, 2.75) is 25.3 Å². The maximum Gasteiger partial charge on any atom is 0.290 e. The number of ether oxygens (including phenoxy) is 2. The van der Waals surface area contributed by atoms with Crippen LogP contribution in [0.1, 0.15) is 29.0 Å². The smallest absolute Gasteiger partial charge is 0.290 e. The quantitative estimate of drug-likeness (QED) is 0.886. The van der Waals surface area contributed by atoms with Gasteiger partial charge in [0, 0.05) is 13.1 Å². The predicted octanol–water partition coefficient (Wildman–Crippen LogP) is 1.97. The summed E-state index contributed by atoms with van der Waals surface area (Å²) in [7, 11) is 0. The average Bonchev–Trinajstić information content (AvgIpc) is 3.41. The Bertz CT molecular complexity index is 802. The van der Waals surface area contributed by atoms with Gasteiger partial charge in [-0.25, -0.2) is 0 Å². The fraction of sp³-hybridized carbons (Fsp3) is 0.368. The standard InChI is InChI=1S/C19H20N2O5/c22-18(14-3-1-9-21(14)19(23)16-4-2-10-24-16)20-8-7-13-5-6-15-17(11-13)26-12-25-15/h2,4-6,10-11,14H,1,3,7-9,12H2,(H,20,22)/t14-/m0/s1. The molecule has 26 heavy (non-hydrogen) atoms. The molecule has 1 atom stereocenters. The Labute approximate surface area is 150 Å². The van der Waals surface area contributed by atoms with Gasteiger partial charge in [-0.05, 0) is 49.1 Å². The third-order valence-corrected chi connectivity index (χ3v) is 4.70. The van der Waals surface area contributed by atoms with Gasteiger partial charge in [0.1, 0.15) is 6.04 Å². The van der Waals surface area contributed by atoms with Gasteiger partial charge in [-0.1, -0.05) is 6.07 Å². The van der Waals surface area contributed by atoms with Crippen molar-refractivity contribution in [1.82, 2.24) is 10.2 Å². The zero-order valence-electron chi connectivity index (χ0n) is 14.3. The van der Waals surface area contributed by atoms with Crippen molar-refractivity contribution in [2.24, 2.45) is 0 Å². The summed E-state index contributed by atoms with van der Waals surface area (Å²) in [6.07, 6.45) is 3.62. The van der Waals surface area contributed by atoms with Crippen LogP contribution in [-0.2, 0) is 11.2 Å². The first-order valence-corrected chi connectivity index (χ1v) is 8.73. The molecule has 1 aromatic heterocycles. The minimum Gasteiger partial charge on any atom is -0.459 e. The molecule has 2 amide bonds. The van der Waals surface area contributed by atoms with Crippen molar-refractivity contribution < 1.29 is 23.5 Å². The maximum atomic E-state index is 12.5. The number of likely N-dealkylation sites (tertiary alicyclic amines) is 1. The summed E-state index contributed by atoms with van der Waals surface area (Å²) in [5.41, 5.74) is 1.06. The SMILES string of the molecule is O=C(NCCc1ccc2c(c1)OCO2)[C@@H]1CCCN1C(=O)c1ccco1. The molecule has 2 aromatic rings. The minimum absolute atomic E-state index is 0.122. The Morgan fingerprint density at radius 1 is 1.19 bits per heavy atom. The summed E-state index contributed by atoms with van der Waals surface area (Å²) < 4.78 is 15.8. The molecule has 136 valence electrons. The molecular weight excluding hydrogens is 336 g/mol. The molecule has 0 radical (unpaired) electrons. The lowest BCUT2D eigenvalue weighted by atomic mass is 10.1. The Morgan fingerprint density at radius 3 is 2.92 bits per heavy atom. The summed E-state index contributed by atoms with van der Waals surface area (Å²) in [6, 6.07) is 8.61. The zero-order valence-corrected chi connectivity index (χ0v) is 14.3. The van der Waals surface area contributed by atoms with Crippen LogP contribution >= 0.6 is 0 Å². The minimum atomic E-state index is -0.440. The predicted molar refractivity (Wildman–Crippen MR) is 92.0 cm³/mol. The lowest BCUT2D eigenvalue weighted by molar-refractivity contribution is -0.124. The van der Waals surface area contributed by atoms with Crippen molar-refractivity contribution in [1.29, 1.82) is 0 Å². The van der Waals surface area contributed by atoms with E-state index in [1.54, 1.807) is 17.0 Å². The van der Waals surface area contributed by atoms with E-state index in [2.05, 4.69) is 5.32 Å². The first-order valence-electron chi connectivity index (χ1n) is 8.73. The number of hydrogen-bond donors (Lipinski definition) is 1. The highest BCUT2D eigenvalue weighted by atomic mass is 16.7. The van der Waals surface area contributed by atoms with Gasteiger partial charge in [-0.3, -0.25) is 9.59 Å². The Balaban J connectivity index is 1.32. The summed E-state index contributed by atoms with van der Waals surface area (Å²) in [5, 5.41) is 2.94. The molecule has 0 spiro atoms. The monoisotopic (exact) mass is 356 g/mol. The van der Waals surface area contributed by atoms with Gasteiger partial charge in [0.25, 0.3) is 5.91 Å². The molecule has 2 aliphatic heterocycles. The largest absolute Gasteiger partial charge is 0.459 e. The third kappa shape index (κ3) is 3.24. The molecule has 0 unspecified atom stereocenters.